The number of piperidine rings is 1. The van der Waals surface area contributed by atoms with Crippen LogP contribution in [0.5, 0.6) is 0 Å². The Labute approximate surface area is 89.7 Å². The monoisotopic (exact) mass is 208 g/mol. The lowest BCUT2D eigenvalue weighted by Crippen LogP contribution is -2.38. The van der Waals surface area contributed by atoms with Crippen molar-refractivity contribution in [3.8, 4) is 0 Å². The van der Waals surface area contributed by atoms with Crippen molar-refractivity contribution in [2.24, 2.45) is 5.73 Å². The molecule has 0 aromatic heterocycles. The zero-order valence-corrected chi connectivity index (χ0v) is 8.96. The van der Waals surface area contributed by atoms with Crippen LogP contribution in [0, 0.1) is 12.7 Å². The molecule has 0 spiro atoms. The molecule has 1 saturated heterocycles. The number of nitrogens with two attached hydrogens (primary N) is 1. The van der Waals surface area contributed by atoms with Crippen LogP contribution >= 0.6 is 0 Å². The summed E-state index contributed by atoms with van der Waals surface area (Å²) in [6, 6.07) is 5.84. The van der Waals surface area contributed by atoms with E-state index in [4.69, 9.17) is 5.73 Å². The minimum Gasteiger partial charge on any atom is -0.328 e. The number of halogens is 1. The molecule has 1 aliphatic rings. The predicted octanol–water partition coefficient (Wildman–Crippen LogP) is 1.89. The Morgan fingerprint density at radius 1 is 1.47 bits per heavy atom. The molecule has 1 fully saturated rings. The maximum atomic E-state index is 13.1. The fourth-order valence-corrected chi connectivity index (χ4v) is 2.09. The minimum absolute atomic E-state index is 0.140. The van der Waals surface area contributed by atoms with Gasteiger partial charge in [0.05, 0.1) is 0 Å². The number of nitrogens with one attached hydrogen (secondary N) is 1. The van der Waals surface area contributed by atoms with Crippen molar-refractivity contribution < 1.29 is 4.39 Å². The van der Waals surface area contributed by atoms with Gasteiger partial charge in [-0.2, -0.15) is 0 Å². The average Bonchev–Trinajstić information content (AvgIpc) is 2.22. The lowest BCUT2D eigenvalue weighted by atomic mass is 9.93. The molecule has 2 nitrogen and oxygen atoms in total. The smallest absolute Gasteiger partial charge is 0.126 e. The van der Waals surface area contributed by atoms with Gasteiger partial charge in [0, 0.05) is 12.1 Å². The van der Waals surface area contributed by atoms with Crippen LogP contribution in [0.15, 0.2) is 18.2 Å². The average molecular weight is 208 g/mol. The molecule has 3 heteroatoms. The van der Waals surface area contributed by atoms with Gasteiger partial charge < -0.3 is 11.1 Å². The van der Waals surface area contributed by atoms with Gasteiger partial charge in [0.2, 0.25) is 0 Å². The Bertz CT molecular complexity index is 351. The van der Waals surface area contributed by atoms with E-state index in [0.29, 0.717) is 5.56 Å². The molecule has 0 amide bonds. The van der Waals surface area contributed by atoms with Crippen LogP contribution in [-0.2, 0) is 0 Å². The maximum Gasteiger partial charge on any atom is 0.126 e. The van der Waals surface area contributed by atoms with Crippen LogP contribution in [0.1, 0.15) is 30.0 Å². The summed E-state index contributed by atoms with van der Waals surface area (Å²) in [6.45, 7) is 2.74. The molecule has 2 atom stereocenters. The Balaban J connectivity index is 2.18. The minimum atomic E-state index is -0.140. The van der Waals surface area contributed by atoms with Gasteiger partial charge in [-0.1, -0.05) is 12.1 Å². The number of hydrogen-bond donors (Lipinski definition) is 2. The van der Waals surface area contributed by atoms with E-state index in [-0.39, 0.29) is 17.9 Å². The largest absolute Gasteiger partial charge is 0.328 e. The second-order valence-corrected chi connectivity index (χ2v) is 4.30. The van der Waals surface area contributed by atoms with Gasteiger partial charge >= 0.3 is 0 Å². The topological polar surface area (TPSA) is 38.0 Å². The molecule has 0 unspecified atom stereocenters. The van der Waals surface area contributed by atoms with E-state index in [2.05, 4.69) is 5.32 Å². The van der Waals surface area contributed by atoms with Crippen molar-refractivity contribution >= 4 is 0 Å². The Morgan fingerprint density at radius 3 is 2.93 bits per heavy atom. The third kappa shape index (κ3) is 2.36. The van der Waals surface area contributed by atoms with E-state index >= 15 is 0 Å². The zero-order valence-electron chi connectivity index (χ0n) is 8.96. The molecule has 0 saturated carbocycles. The first-order valence-corrected chi connectivity index (χ1v) is 5.42. The van der Waals surface area contributed by atoms with E-state index in [9.17, 15) is 4.39 Å². The molecule has 0 aliphatic carbocycles. The normalized spacial score (nSPS) is 26.6. The van der Waals surface area contributed by atoms with Gasteiger partial charge in [-0.15, -0.1) is 0 Å². The first-order chi connectivity index (χ1) is 7.16. The van der Waals surface area contributed by atoms with Crippen molar-refractivity contribution in [1.29, 1.82) is 0 Å². The third-order valence-corrected chi connectivity index (χ3v) is 3.03. The van der Waals surface area contributed by atoms with Gasteiger partial charge in [-0.25, -0.2) is 4.39 Å². The van der Waals surface area contributed by atoms with E-state index in [1.54, 1.807) is 6.92 Å². The van der Waals surface area contributed by atoms with Crippen molar-refractivity contribution in [3.05, 3.63) is 35.1 Å². The molecule has 0 radical (unpaired) electrons. The van der Waals surface area contributed by atoms with Crippen molar-refractivity contribution in [1.82, 2.24) is 5.32 Å². The van der Waals surface area contributed by atoms with E-state index in [1.165, 1.54) is 6.07 Å². The van der Waals surface area contributed by atoms with Crippen LogP contribution in [-0.4, -0.2) is 12.6 Å². The summed E-state index contributed by atoms with van der Waals surface area (Å²) in [5.74, 6) is -0.140. The van der Waals surface area contributed by atoms with Gasteiger partial charge in [0.15, 0.2) is 0 Å². The second kappa shape index (κ2) is 4.29. The zero-order chi connectivity index (χ0) is 10.8. The lowest BCUT2D eigenvalue weighted by molar-refractivity contribution is 0.369. The summed E-state index contributed by atoms with van der Waals surface area (Å²) < 4.78 is 13.1. The van der Waals surface area contributed by atoms with Crippen LogP contribution in [0.2, 0.25) is 0 Å². The Morgan fingerprint density at radius 2 is 2.27 bits per heavy atom. The van der Waals surface area contributed by atoms with E-state index < -0.39 is 0 Å². The summed E-state index contributed by atoms with van der Waals surface area (Å²) in [6.07, 6.45) is 1.96. The lowest BCUT2D eigenvalue weighted by Gasteiger charge is -2.28. The predicted molar refractivity (Wildman–Crippen MR) is 59.1 cm³/mol. The summed E-state index contributed by atoms with van der Waals surface area (Å²) in [5.41, 5.74) is 7.76. The molecule has 3 N–H and O–H groups in total. The third-order valence-electron chi connectivity index (χ3n) is 3.03. The molecule has 1 aromatic carbocycles. The maximum absolute atomic E-state index is 13.1. The van der Waals surface area contributed by atoms with E-state index in [0.717, 1.165) is 24.9 Å². The van der Waals surface area contributed by atoms with Crippen molar-refractivity contribution in [2.45, 2.75) is 31.8 Å². The van der Waals surface area contributed by atoms with Crippen LogP contribution < -0.4 is 11.1 Å². The first kappa shape index (κ1) is 10.6. The SMILES string of the molecule is Cc1cc([C@@H]2C[C@@H](N)CCN2)ccc1F. The summed E-state index contributed by atoms with van der Waals surface area (Å²) >= 11 is 0. The Hall–Kier alpha value is -0.930. The highest BCUT2D eigenvalue weighted by molar-refractivity contribution is 5.27. The summed E-state index contributed by atoms with van der Waals surface area (Å²) in [7, 11) is 0. The molecular weight excluding hydrogens is 191 g/mol. The van der Waals surface area contributed by atoms with Crippen LogP contribution in [0.4, 0.5) is 4.39 Å². The Kier molecular flexibility index (Phi) is 3.03. The standard InChI is InChI=1S/C12H17FN2/c1-8-6-9(2-3-11(8)13)12-7-10(14)4-5-15-12/h2-3,6,10,12,15H,4-5,7,14H2,1H3/t10-,12-/m0/s1. The van der Waals surface area contributed by atoms with Crippen LogP contribution in [0.25, 0.3) is 0 Å². The molecule has 1 aromatic rings. The fraction of sp³-hybridized carbons (Fsp3) is 0.500. The molecule has 15 heavy (non-hydrogen) atoms. The van der Waals surface area contributed by atoms with Crippen molar-refractivity contribution in [2.75, 3.05) is 6.54 Å². The van der Waals surface area contributed by atoms with Gasteiger partial charge in [-0.05, 0) is 43.5 Å². The number of hydrogen-bond acceptors (Lipinski definition) is 2. The van der Waals surface area contributed by atoms with Gasteiger partial charge in [0.25, 0.3) is 0 Å². The molecule has 1 aliphatic heterocycles. The number of benzene rings is 1. The first-order valence-electron chi connectivity index (χ1n) is 5.42. The van der Waals surface area contributed by atoms with Crippen molar-refractivity contribution in [3.63, 3.8) is 0 Å². The van der Waals surface area contributed by atoms with Crippen LogP contribution in [0.3, 0.4) is 0 Å². The van der Waals surface area contributed by atoms with E-state index in [1.807, 2.05) is 12.1 Å². The summed E-state index contributed by atoms with van der Waals surface area (Å²) in [5, 5.41) is 3.41. The molecule has 0 bridgehead atoms. The van der Waals surface area contributed by atoms with Gasteiger partial charge in [-0.3, -0.25) is 0 Å². The molecule has 82 valence electrons. The second-order valence-electron chi connectivity index (χ2n) is 4.30. The molecular formula is C12H17FN2. The highest BCUT2D eigenvalue weighted by Gasteiger charge is 2.20. The molecule has 1 heterocycles. The molecule has 2 rings (SSSR count). The number of aryl methyl sites for hydroxylation is 1. The number of rotatable bonds is 1. The quantitative estimate of drug-likeness (QED) is 0.739. The fourth-order valence-electron chi connectivity index (χ4n) is 2.09. The highest BCUT2D eigenvalue weighted by Crippen LogP contribution is 2.23. The highest BCUT2D eigenvalue weighted by atomic mass is 19.1. The van der Waals surface area contributed by atoms with Gasteiger partial charge in [0.1, 0.15) is 5.82 Å². The summed E-state index contributed by atoms with van der Waals surface area (Å²) in [4.78, 5) is 0.